The molecule has 0 aliphatic rings. The smallest absolute Gasteiger partial charge is 0.348 e. The zero-order valence-electron chi connectivity index (χ0n) is 10.6. The minimum Gasteiger partial charge on any atom is -0.465 e. The maximum Gasteiger partial charge on any atom is 0.348 e. The third kappa shape index (κ3) is 3.20. The van der Waals surface area contributed by atoms with Crippen LogP contribution in [0.1, 0.15) is 24.9 Å². The summed E-state index contributed by atoms with van der Waals surface area (Å²) in [5.41, 5.74) is 1.80. The molecule has 0 aliphatic heterocycles. The molecule has 0 unspecified atom stereocenters. The van der Waals surface area contributed by atoms with Crippen LogP contribution in [0, 0.1) is 6.92 Å². The fourth-order valence-electron chi connectivity index (χ4n) is 1.59. The number of thiophene rings is 1. The van der Waals surface area contributed by atoms with Crippen molar-refractivity contribution in [3.05, 3.63) is 51.7 Å². The van der Waals surface area contributed by atoms with Crippen LogP contribution >= 0.6 is 11.3 Å². The number of hydrogen-bond acceptors (Lipinski definition) is 4. The summed E-state index contributed by atoms with van der Waals surface area (Å²) in [6.45, 7) is 1.95. The van der Waals surface area contributed by atoms with Gasteiger partial charge in [0.05, 0.1) is 12.0 Å². The maximum atomic E-state index is 12.0. The molecule has 0 bridgehead atoms. The van der Waals surface area contributed by atoms with Gasteiger partial charge >= 0.3 is 5.97 Å². The van der Waals surface area contributed by atoms with Crippen molar-refractivity contribution in [2.24, 2.45) is 0 Å². The van der Waals surface area contributed by atoms with Crippen LogP contribution < -0.4 is 5.32 Å². The highest BCUT2D eigenvalue weighted by Gasteiger charge is 2.14. The average molecular weight is 275 g/mol. The molecule has 1 amide bonds. The monoisotopic (exact) mass is 275 g/mol. The molecule has 0 saturated carbocycles. The Morgan fingerprint density at radius 1 is 1.16 bits per heavy atom. The molecule has 0 atom stereocenters. The predicted molar refractivity (Wildman–Crippen MR) is 74.8 cm³/mol. The molecule has 0 fully saturated rings. The zero-order valence-corrected chi connectivity index (χ0v) is 11.4. The van der Waals surface area contributed by atoms with Crippen molar-refractivity contribution >= 4 is 28.9 Å². The molecule has 1 aromatic heterocycles. The number of anilines is 1. The van der Waals surface area contributed by atoms with E-state index in [1.54, 1.807) is 12.1 Å². The van der Waals surface area contributed by atoms with Crippen LogP contribution in [0.3, 0.4) is 0 Å². The fraction of sp³-hybridized carbons (Fsp3) is 0.143. The number of ether oxygens (including phenoxy) is 1. The summed E-state index contributed by atoms with van der Waals surface area (Å²) in [6.07, 6.45) is 0. The molecule has 4 nitrogen and oxygen atoms in total. The standard InChI is InChI=1S/C14H13NO3S/c1-9-4-3-5-10(8-9)15-13(16)11-6-7-12(19-11)14(17)18-2/h3-8H,1-2H3,(H,15,16). The molecule has 0 spiro atoms. The topological polar surface area (TPSA) is 55.4 Å². The lowest BCUT2D eigenvalue weighted by molar-refractivity contribution is 0.0606. The van der Waals surface area contributed by atoms with Crippen LogP contribution in [0.15, 0.2) is 36.4 Å². The van der Waals surface area contributed by atoms with Crippen molar-refractivity contribution < 1.29 is 14.3 Å². The number of hydrogen-bond donors (Lipinski definition) is 1. The second-order valence-electron chi connectivity index (χ2n) is 3.98. The maximum absolute atomic E-state index is 12.0. The number of benzene rings is 1. The average Bonchev–Trinajstić information content (AvgIpc) is 2.87. The van der Waals surface area contributed by atoms with Crippen LogP contribution in [-0.4, -0.2) is 19.0 Å². The van der Waals surface area contributed by atoms with Gasteiger partial charge < -0.3 is 10.1 Å². The number of carbonyl (C=O) groups is 2. The van der Waals surface area contributed by atoms with E-state index in [9.17, 15) is 9.59 Å². The molecule has 0 saturated heterocycles. The van der Waals surface area contributed by atoms with Gasteiger partial charge in [-0.25, -0.2) is 4.79 Å². The Morgan fingerprint density at radius 3 is 2.58 bits per heavy atom. The molecular weight excluding hydrogens is 262 g/mol. The van der Waals surface area contributed by atoms with E-state index in [4.69, 9.17) is 0 Å². The Kier molecular flexibility index (Phi) is 3.97. The van der Waals surface area contributed by atoms with Gasteiger partial charge in [-0.3, -0.25) is 4.79 Å². The number of esters is 1. The second kappa shape index (κ2) is 5.67. The molecule has 2 aromatic rings. The van der Waals surface area contributed by atoms with E-state index in [1.165, 1.54) is 7.11 Å². The molecule has 5 heteroatoms. The molecule has 0 radical (unpaired) electrons. The van der Waals surface area contributed by atoms with Crippen molar-refractivity contribution in [3.63, 3.8) is 0 Å². The number of aryl methyl sites for hydroxylation is 1. The lowest BCUT2D eigenvalue weighted by Gasteiger charge is -2.04. The van der Waals surface area contributed by atoms with E-state index in [0.29, 0.717) is 9.75 Å². The summed E-state index contributed by atoms with van der Waals surface area (Å²) in [5.74, 6) is -0.662. The minimum atomic E-state index is -0.431. The normalized spacial score (nSPS) is 10.0. The van der Waals surface area contributed by atoms with E-state index in [2.05, 4.69) is 10.1 Å². The van der Waals surface area contributed by atoms with Gasteiger partial charge in [0.1, 0.15) is 4.88 Å². The second-order valence-corrected chi connectivity index (χ2v) is 5.06. The minimum absolute atomic E-state index is 0.231. The summed E-state index contributed by atoms with van der Waals surface area (Å²) in [4.78, 5) is 24.2. The van der Waals surface area contributed by atoms with Crippen molar-refractivity contribution in [2.45, 2.75) is 6.92 Å². The van der Waals surface area contributed by atoms with Crippen molar-refractivity contribution in [1.82, 2.24) is 0 Å². The number of nitrogens with one attached hydrogen (secondary N) is 1. The highest BCUT2D eigenvalue weighted by Crippen LogP contribution is 2.19. The Hall–Kier alpha value is -2.14. The van der Waals surface area contributed by atoms with E-state index in [1.807, 2.05) is 31.2 Å². The van der Waals surface area contributed by atoms with Crippen molar-refractivity contribution in [2.75, 3.05) is 12.4 Å². The highest BCUT2D eigenvalue weighted by molar-refractivity contribution is 7.16. The summed E-state index contributed by atoms with van der Waals surface area (Å²) >= 11 is 1.11. The summed E-state index contributed by atoms with van der Waals surface area (Å²) in [6, 6.07) is 10.7. The van der Waals surface area contributed by atoms with Gasteiger partial charge in [0.25, 0.3) is 5.91 Å². The largest absolute Gasteiger partial charge is 0.465 e. The van der Waals surface area contributed by atoms with E-state index in [0.717, 1.165) is 22.6 Å². The van der Waals surface area contributed by atoms with E-state index < -0.39 is 5.97 Å². The zero-order chi connectivity index (χ0) is 13.8. The first-order chi connectivity index (χ1) is 9.10. The van der Waals surface area contributed by atoms with Crippen molar-refractivity contribution in [3.8, 4) is 0 Å². The van der Waals surface area contributed by atoms with Gasteiger partial charge in [-0.1, -0.05) is 12.1 Å². The molecule has 98 valence electrons. The predicted octanol–water partition coefficient (Wildman–Crippen LogP) is 3.10. The van der Waals surface area contributed by atoms with Gasteiger partial charge in [0.15, 0.2) is 0 Å². The number of rotatable bonds is 3. The number of amides is 1. The third-order valence-corrected chi connectivity index (χ3v) is 3.56. The third-order valence-electron chi connectivity index (χ3n) is 2.49. The van der Waals surface area contributed by atoms with Gasteiger partial charge in [-0.2, -0.15) is 0 Å². The van der Waals surface area contributed by atoms with Crippen LogP contribution in [0.5, 0.6) is 0 Å². The van der Waals surface area contributed by atoms with Gasteiger partial charge in [0.2, 0.25) is 0 Å². The first-order valence-electron chi connectivity index (χ1n) is 5.66. The Labute approximate surface area is 115 Å². The molecule has 0 aliphatic carbocycles. The lowest BCUT2D eigenvalue weighted by atomic mass is 10.2. The molecule has 19 heavy (non-hydrogen) atoms. The first-order valence-corrected chi connectivity index (χ1v) is 6.48. The Morgan fingerprint density at radius 2 is 1.89 bits per heavy atom. The lowest BCUT2D eigenvalue weighted by Crippen LogP contribution is -2.10. The van der Waals surface area contributed by atoms with Gasteiger partial charge in [0, 0.05) is 5.69 Å². The summed E-state index contributed by atoms with van der Waals surface area (Å²) in [5, 5.41) is 2.79. The van der Waals surface area contributed by atoms with Crippen molar-refractivity contribution in [1.29, 1.82) is 0 Å². The SMILES string of the molecule is COC(=O)c1ccc(C(=O)Nc2cccc(C)c2)s1. The molecule has 2 rings (SSSR count). The first kappa shape index (κ1) is 13.3. The van der Waals surface area contributed by atoms with Crippen LogP contribution in [0.25, 0.3) is 0 Å². The van der Waals surface area contributed by atoms with Gasteiger partial charge in [-0.15, -0.1) is 11.3 Å². The number of carbonyl (C=O) groups excluding carboxylic acids is 2. The van der Waals surface area contributed by atoms with Crippen LogP contribution in [-0.2, 0) is 4.74 Å². The summed E-state index contributed by atoms with van der Waals surface area (Å²) in [7, 11) is 1.31. The van der Waals surface area contributed by atoms with Crippen LogP contribution in [0.2, 0.25) is 0 Å². The Balaban J connectivity index is 2.12. The van der Waals surface area contributed by atoms with E-state index in [-0.39, 0.29) is 5.91 Å². The molecule has 1 N–H and O–H groups in total. The highest BCUT2D eigenvalue weighted by atomic mass is 32.1. The quantitative estimate of drug-likeness (QED) is 0.876. The summed E-state index contributed by atoms with van der Waals surface area (Å²) < 4.78 is 4.60. The van der Waals surface area contributed by atoms with Gasteiger partial charge in [-0.05, 0) is 36.8 Å². The number of methoxy groups -OCH3 is 1. The fourth-order valence-corrected chi connectivity index (χ4v) is 2.41. The Bertz CT molecular complexity index is 619. The molecule has 1 heterocycles. The molecule has 1 aromatic carbocycles. The molecular formula is C14H13NO3S. The van der Waals surface area contributed by atoms with Crippen LogP contribution in [0.4, 0.5) is 5.69 Å². The van der Waals surface area contributed by atoms with E-state index >= 15 is 0 Å².